The molecule has 0 atom stereocenters. The number of ether oxygens (including phenoxy) is 3. The molecule has 0 aliphatic rings. The Bertz CT molecular complexity index is 1900. The van der Waals surface area contributed by atoms with Gasteiger partial charge in [-0.2, -0.15) is 4.98 Å². The highest BCUT2D eigenvalue weighted by atomic mass is 32.2. The third-order valence-corrected chi connectivity index (χ3v) is 6.42. The van der Waals surface area contributed by atoms with Gasteiger partial charge in [-0.05, 0) is 48.2 Å². The summed E-state index contributed by atoms with van der Waals surface area (Å²) in [4.78, 5) is 15.9. The Labute approximate surface area is 248 Å². The molecule has 0 spiro atoms. The van der Waals surface area contributed by atoms with Crippen LogP contribution in [-0.2, 0) is 15.4 Å². The normalized spacial score (nSPS) is 17.0. The summed E-state index contributed by atoms with van der Waals surface area (Å²) in [7, 11) is -4.77. The predicted octanol–water partition coefficient (Wildman–Crippen LogP) is 4.59. The molecule has 0 saturated carbocycles. The van der Waals surface area contributed by atoms with Crippen LogP contribution in [-0.4, -0.2) is 53.2 Å². The molecule has 210 valence electrons. The van der Waals surface area contributed by atoms with Crippen molar-refractivity contribution in [2.75, 3.05) is 24.5 Å². The Morgan fingerprint density at radius 3 is 2.30 bits per heavy atom. The number of anilines is 1. The van der Waals surface area contributed by atoms with Gasteiger partial charge in [0.2, 0.25) is 11.6 Å². The van der Waals surface area contributed by atoms with Crippen LogP contribution in [0.2, 0.25) is 0 Å². The van der Waals surface area contributed by atoms with Gasteiger partial charge in [0, 0.05) is 24.7 Å². The number of para-hydroxylation sites is 2. The number of aliphatic hydroxyl groups is 1. The SMILES string of the molecule is [2H]C([2H])(O)COc1nc(-c2ncccn2)nc(NS(=O)(=O)c2ccc(C(C([2H])([2H])[2H])(C([2H])([2H])[2H])C([2H])([2H])[2H])cc2)c1Oc1ccccc1OCC. The van der Waals surface area contributed by atoms with E-state index in [-0.39, 0.29) is 29.8 Å². The zero-order chi connectivity index (χ0) is 38.0. The molecular formula is C28H31N5O6S. The summed E-state index contributed by atoms with van der Waals surface area (Å²) in [5.41, 5.74) is -4.06. The molecule has 0 bridgehead atoms. The Morgan fingerprint density at radius 1 is 0.950 bits per heavy atom. The largest absolute Gasteiger partial charge is 0.490 e. The van der Waals surface area contributed by atoms with E-state index in [1.165, 1.54) is 24.5 Å². The molecule has 2 heterocycles. The van der Waals surface area contributed by atoms with Crippen LogP contribution in [0.3, 0.4) is 0 Å². The van der Waals surface area contributed by atoms with Crippen molar-refractivity contribution in [3.8, 4) is 34.8 Å². The van der Waals surface area contributed by atoms with Gasteiger partial charge in [-0.1, -0.05) is 44.8 Å². The van der Waals surface area contributed by atoms with E-state index in [0.29, 0.717) is 0 Å². The van der Waals surface area contributed by atoms with Gasteiger partial charge in [0.05, 0.1) is 20.8 Å². The highest BCUT2D eigenvalue weighted by Gasteiger charge is 2.26. The first kappa shape index (κ1) is 17.4. The Morgan fingerprint density at radius 2 is 1.65 bits per heavy atom. The van der Waals surface area contributed by atoms with Gasteiger partial charge in [0.1, 0.15) is 6.61 Å². The van der Waals surface area contributed by atoms with Gasteiger partial charge < -0.3 is 19.3 Å². The lowest BCUT2D eigenvalue weighted by Crippen LogP contribution is -2.17. The van der Waals surface area contributed by atoms with Crippen molar-refractivity contribution in [1.82, 2.24) is 19.9 Å². The Hall–Kier alpha value is -4.29. The number of rotatable bonds is 11. The summed E-state index contributed by atoms with van der Waals surface area (Å²) in [6.45, 7) is -12.7. The van der Waals surface area contributed by atoms with Crippen molar-refractivity contribution in [3.63, 3.8) is 0 Å². The lowest BCUT2D eigenvalue weighted by Gasteiger charge is -2.20. The minimum absolute atomic E-state index is 0.0173. The van der Waals surface area contributed by atoms with Gasteiger partial charge in [-0.15, -0.1) is 0 Å². The fourth-order valence-electron chi connectivity index (χ4n) is 3.29. The average molecular weight is 577 g/mol. The molecule has 0 radical (unpaired) electrons. The topological polar surface area (TPSA) is 146 Å². The summed E-state index contributed by atoms with van der Waals surface area (Å²) < 4.78 is 133. The third kappa shape index (κ3) is 6.82. The first-order chi connectivity index (χ1) is 23.5. The maximum absolute atomic E-state index is 13.8. The molecule has 0 saturated heterocycles. The third-order valence-electron chi connectivity index (χ3n) is 5.06. The van der Waals surface area contributed by atoms with Crippen LogP contribution in [0, 0.1) is 0 Å². The molecule has 0 aliphatic heterocycles. The molecule has 2 aromatic carbocycles. The van der Waals surface area contributed by atoms with E-state index in [9.17, 15) is 13.5 Å². The highest BCUT2D eigenvalue weighted by Crippen LogP contribution is 2.41. The van der Waals surface area contributed by atoms with Crippen molar-refractivity contribution in [2.24, 2.45) is 0 Å². The quantitative estimate of drug-likeness (QED) is 0.260. The summed E-state index contributed by atoms with van der Waals surface area (Å²) >= 11 is 0. The van der Waals surface area contributed by atoms with Crippen molar-refractivity contribution < 1.29 is 42.8 Å². The highest BCUT2D eigenvalue weighted by molar-refractivity contribution is 7.92. The molecule has 11 nitrogen and oxygen atoms in total. The first-order valence-electron chi connectivity index (χ1n) is 17.1. The maximum atomic E-state index is 13.8. The van der Waals surface area contributed by atoms with E-state index < -0.39 is 77.1 Å². The molecular weight excluding hydrogens is 534 g/mol. The van der Waals surface area contributed by atoms with E-state index in [2.05, 4.69) is 24.7 Å². The van der Waals surface area contributed by atoms with E-state index in [1.807, 2.05) is 0 Å². The summed E-state index contributed by atoms with van der Waals surface area (Å²) in [5, 5.41) is 9.76. The van der Waals surface area contributed by atoms with Crippen LogP contribution < -0.4 is 18.9 Å². The maximum Gasteiger partial charge on any atom is 0.263 e. The number of hydrogen-bond acceptors (Lipinski definition) is 10. The van der Waals surface area contributed by atoms with Gasteiger partial charge in [-0.3, -0.25) is 4.72 Å². The lowest BCUT2D eigenvalue weighted by molar-refractivity contribution is 0.192. The second-order valence-corrected chi connectivity index (χ2v) is 9.59. The fraction of sp³-hybridized carbons (Fsp3) is 0.286. The second kappa shape index (κ2) is 12.3. The molecule has 0 unspecified atom stereocenters. The zero-order valence-electron chi connectivity index (χ0n) is 32.0. The van der Waals surface area contributed by atoms with E-state index >= 15 is 0 Å². The molecule has 2 aromatic heterocycles. The first-order valence-corrected chi connectivity index (χ1v) is 13.1. The number of aromatic nitrogens is 4. The van der Waals surface area contributed by atoms with Crippen molar-refractivity contribution in [3.05, 3.63) is 72.6 Å². The zero-order valence-corrected chi connectivity index (χ0v) is 21.8. The van der Waals surface area contributed by atoms with Crippen LogP contribution in [0.4, 0.5) is 5.82 Å². The Balaban J connectivity index is 1.91. The van der Waals surface area contributed by atoms with Gasteiger partial charge >= 0.3 is 0 Å². The number of hydrogen-bond donors (Lipinski definition) is 2. The van der Waals surface area contributed by atoms with Crippen molar-refractivity contribution in [2.45, 2.75) is 37.8 Å². The molecule has 4 rings (SSSR count). The summed E-state index contributed by atoms with van der Waals surface area (Å²) in [6, 6.07) is 10.9. The van der Waals surface area contributed by atoms with Crippen LogP contribution in [0.1, 0.15) is 48.1 Å². The smallest absolute Gasteiger partial charge is 0.263 e. The second-order valence-electron chi connectivity index (χ2n) is 7.91. The van der Waals surface area contributed by atoms with E-state index in [1.54, 1.807) is 25.1 Å². The molecule has 0 fully saturated rings. The molecule has 12 heteroatoms. The van der Waals surface area contributed by atoms with Crippen LogP contribution in [0.5, 0.6) is 23.1 Å². The minimum Gasteiger partial charge on any atom is -0.490 e. The monoisotopic (exact) mass is 576 g/mol. The lowest BCUT2D eigenvalue weighted by atomic mass is 9.87. The van der Waals surface area contributed by atoms with E-state index in [4.69, 9.17) is 29.3 Å². The van der Waals surface area contributed by atoms with Crippen LogP contribution in [0.25, 0.3) is 11.6 Å². The minimum atomic E-state index is -4.77. The predicted molar refractivity (Wildman–Crippen MR) is 149 cm³/mol. The van der Waals surface area contributed by atoms with Crippen molar-refractivity contribution >= 4 is 15.8 Å². The Kier molecular flexibility index (Phi) is 5.34. The van der Waals surface area contributed by atoms with Gasteiger partial charge in [0.15, 0.2) is 23.1 Å². The molecule has 40 heavy (non-hydrogen) atoms. The number of nitrogens with zero attached hydrogens (tertiary/aromatic N) is 4. The average Bonchev–Trinajstić information content (AvgIpc) is 3.00. The summed E-state index contributed by atoms with van der Waals surface area (Å²) in [6.07, 6.45) is 2.68. The molecule has 0 amide bonds. The standard InChI is InChI=1S/C28H31N5O6S/c1-5-37-21-9-6-7-10-22(21)39-23-24(33-40(35,36)20-13-11-19(12-14-20)28(2,3)4)31-26(25-29-15-8-16-30-25)32-27(23)38-18-17-34/h6-16,34H,5,17-18H2,1-4H3,(H,31,32,33)/i2D3,3D3,4D3,17D2. The van der Waals surface area contributed by atoms with Crippen LogP contribution >= 0.6 is 0 Å². The van der Waals surface area contributed by atoms with Crippen molar-refractivity contribution in [1.29, 1.82) is 0 Å². The van der Waals surface area contributed by atoms with Gasteiger partial charge in [-0.25, -0.2) is 23.4 Å². The fourth-order valence-corrected chi connectivity index (χ4v) is 4.30. The summed E-state index contributed by atoms with van der Waals surface area (Å²) in [5.74, 6) is -1.96. The number of benzene rings is 2. The number of sulfonamides is 1. The molecule has 4 aromatic rings. The van der Waals surface area contributed by atoms with E-state index in [0.717, 1.165) is 24.3 Å². The molecule has 0 aliphatic carbocycles. The van der Waals surface area contributed by atoms with Gasteiger partial charge in [0.25, 0.3) is 15.9 Å². The number of nitrogens with one attached hydrogen (secondary N) is 1. The molecule has 2 N–H and O–H groups in total. The van der Waals surface area contributed by atoms with Crippen LogP contribution in [0.15, 0.2) is 71.9 Å².